The Kier molecular flexibility index (Phi) is 10.6. The van der Waals surface area contributed by atoms with E-state index in [1.54, 1.807) is 26.0 Å². The molecule has 1 aliphatic heterocycles. The van der Waals surface area contributed by atoms with Gasteiger partial charge in [0.05, 0.1) is 30.6 Å². The first-order valence-electron chi connectivity index (χ1n) is 13.9. The predicted molar refractivity (Wildman–Crippen MR) is 150 cm³/mol. The number of allylic oxidation sites excluding steroid dienone is 2. The van der Waals surface area contributed by atoms with Gasteiger partial charge in [0.15, 0.2) is 5.58 Å². The summed E-state index contributed by atoms with van der Waals surface area (Å²) in [5, 5.41) is 22.3. The number of nitrogens with two attached hydrogens (primary N) is 1. The molecule has 1 aromatic heterocycles. The minimum absolute atomic E-state index is 0.0947. The fourth-order valence-electron chi connectivity index (χ4n) is 5.23. The predicted octanol–water partition coefficient (Wildman–Crippen LogP) is 5.32. The second kappa shape index (κ2) is 13.5. The smallest absolute Gasteiger partial charge is 0.309 e. The van der Waals surface area contributed by atoms with Crippen molar-refractivity contribution in [3.63, 3.8) is 0 Å². The normalized spacial score (nSPS) is 29.0. The number of fused-ring (bicyclic) bond motifs is 1. The molecule has 8 heteroatoms. The average molecular weight is 541 g/mol. The van der Waals surface area contributed by atoms with E-state index in [-0.39, 0.29) is 24.7 Å². The summed E-state index contributed by atoms with van der Waals surface area (Å²) >= 11 is 0. The van der Waals surface area contributed by atoms with Crippen LogP contribution in [0, 0.1) is 17.3 Å². The fourth-order valence-corrected chi connectivity index (χ4v) is 5.23. The van der Waals surface area contributed by atoms with Crippen molar-refractivity contribution in [2.75, 3.05) is 0 Å². The number of hydrogen-bond acceptors (Lipinski definition) is 8. The number of ether oxygens (including phenoxy) is 1. The van der Waals surface area contributed by atoms with Crippen LogP contribution < -0.4 is 5.73 Å². The van der Waals surface area contributed by atoms with E-state index in [1.807, 2.05) is 26.0 Å². The summed E-state index contributed by atoms with van der Waals surface area (Å²) in [6, 6.07) is 5.45. The first-order valence-corrected chi connectivity index (χ1v) is 13.9. The summed E-state index contributed by atoms with van der Waals surface area (Å²) in [6.45, 7) is 11.2. The number of benzene rings is 1. The number of ketones is 1. The van der Waals surface area contributed by atoms with Gasteiger partial charge in [-0.3, -0.25) is 9.59 Å². The summed E-state index contributed by atoms with van der Waals surface area (Å²) in [5.41, 5.74) is 7.54. The van der Waals surface area contributed by atoms with Crippen molar-refractivity contribution >= 4 is 22.9 Å². The van der Waals surface area contributed by atoms with Crippen LogP contribution in [0.3, 0.4) is 0 Å². The van der Waals surface area contributed by atoms with Gasteiger partial charge >= 0.3 is 5.97 Å². The zero-order valence-electron chi connectivity index (χ0n) is 23.7. The molecule has 0 amide bonds. The Morgan fingerprint density at radius 1 is 1.26 bits per heavy atom. The first kappa shape index (κ1) is 30.7. The SMILES string of the molecule is C=CCC[C@H]1C(=O)C(C)(C)[C@@H](O)CC(=O)O[C@H](c2ccc3oc(CN)nc3c2)C/C=C(/C)CCC[C@H](C)[C@@H]1O. The Hall–Kier alpha value is -2.81. The number of esters is 1. The second-order valence-corrected chi connectivity index (χ2v) is 11.4. The Bertz CT molecular complexity index is 1180. The third-order valence-corrected chi connectivity index (χ3v) is 8.03. The van der Waals surface area contributed by atoms with Crippen molar-refractivity contribution in [1.29, 1.82) is 0 Å². The van der Waals surface area contributed by atoms with Gasteiger partial charge in [-0.05, 0) is 62.6 Å². The van der Waals surface area contributed by atoms with E-state index in [9.17, 15) is 19.8 Å². The summed E-state index contributed by atoms with van der Waals surface area (Å²) in [6.07, 6.45) is 4.63. The van der Waals surface area contributed by atoms with Gasteiger partial charge < -0.3 is 25.1 Å². The molecule has 1 aromatic carbocycles. The van der Waals surface area contributed by atoms with E-state index in [0.29, 0.717) is 36.3 Å². The van der Waals surface area contributed by atoms with Crippen molar-refractivity contribution in [3.8, 4) is 0 Å². The van der Waals surface area contributed by atoms with Gasteiger partial charge in [0.2, 0.25) is 5.89 Å². The Labute approximate surface area is 231 Å². The van der Waals surface area contributed by atoms with Crippen molar-refractivity contribution in [2.24, 2.45) is 23.0 Å². The number of Topliss-reactive ketones (excluding diaryl/α,β-unsaturated/α-hetero) is 1. The van der Waals surface area contributed by atoms with Crippen LogP contribution in [0.4, 0.5) is 0 Å². The van der Waals surface area contributed by atoms with Crippen molar-refractivity contribution in [3.05, 3.63) is 54.0 Å². The summed E-state index contributed by atoms with van der Waals surface area (Å²) in [7, 11) is 0. The quantitative estimate of drug-likeness (QED) is 0.343. The number of aliphatic hydroxyl groups excluding tert-OH is 2. The van der Waals surface area contributed by atoms with Crippen LogP contribution in [0.25, 0.3) is 11.1 Å². The van der Waals surface area contributed by atoms with Crippen LogP contribution in [0.1, 0.15) is 90.2 Å². The standard InChI is InChI=1S/C31H44N2O6/c1-6-7-11-22-29(36)20(3)10-8-9-19(2)12-14-24(39-28(35)17-26(34)31(4,5)30(22)37)21-13-15-25-23(16-21)33-27(18-32)38-25/h6,12-13,15-16,20,22,24,26,29,34,36H,1,7-11,14,17-18,32H2,2-5H3/b19-12-/t20-,22+,24-,26-,29-/m0/s1. The molecule has 214 valence electrons. The second-order valence-electron chi connectivity index (χ2n) is 11.4. The average Bonchev–Trinajstić information content (AvgIpc) is 3.32. The zero-order chi connectivity index (χ0) is 28.7. The van der Waals surface area contributed by atoms with Crippen molar-refractivity contribution in [2.45, 2.75) is 97.5 Å². The van der Waals surface area contributed by atoms with Gasteiger partial charge in [-0.1, -0.05) is 44.6 Å². The highest BCUT2D eigenvalue weighted by Crippen LogP contribution is 2.35. The number of cyclic esters (lactones) is 1. The lowest BCUT2D eigenvalue weighted by molar-refractivity contribution is -0.156. The third-order valence-electron chi connectivity index (χ3n) is 8.03. The van der Waals surface area contributed by atoms with Gasteiger partial charge in [-0.2, -0.15) is 0 Å². The lowest BCUT2D eigenvalue weighted by Gasteiger charge is -2.36. The van der Waals surface area contributed by atoms with E-state index in [2.05, 4.69) is 17.6 Å². The van der Waals surface area contributed by atoms with E-state index in [0.717, 1.165) is 30.4 Å². The van der Waals surface area contributed by atoms with Gasteiger partial charge in [-0.25, -0.2) is 4.98 Å². The molecule has 0 bridgehead atoms. The minimum Gasteiger partial charge on any atom is -0.457 e. The molecular formula is C31H44N2O6. The number of hydrogen-bond donors (Lipinski definition) is 3. The number of carbonyl (C=O) groups is 2. The first-order chi connectivity index (χ1) is 18.5. The lowest BCUT2D eigenvalue weighted by atomic mass is 9.71. The van der Waals surface area contributed by atoms with Gasteiger partial charge in [-0.15, -0.1) is 6.58 Å². The largest absolute Gasteiger partial charge is 0.457 e. The Balaban J connectivity index is 1.93. The molecule has 0 aliphatic carbocycles. The summed E-state index contributed by atoms with van der Waals surface area (Å²) in [5.74, 6) is -1.19. The molecule has 8 nitrogen and oxygen atoms in total. The molecule has 3 rings (SSSR count). The van der Waals surface area contributed by atoms with Crippen LogP contribution in [0.5, 0.6) is 0 Å². The molecule has 0 saturated heterocycles. The molecule has 0 radical (unpaired) electrons. The maximum atomic E-state index is 13.7. The highest BCUT2D eigenvalue weighted by Gasteiger charge is 2.43. The molecule has 2 aromatic rings. The number of carbonyl (C=O) groups excluding carboxylic acids is 2. The van der Waals surface area contributed by atoms with Crippen molar-refractivity contribution in [1.82, 2.24) is 4.98 Å². The van der Waals surface area contributed by atoms with Gasteiger partial charge in [0, 0.05) is 12.3 Å². The summed E-state index contributed by atoms with van der Waals surface area (Å²) in [4.78, 5) is 31.2. The molecule has 1 aliphatic rings. The highest BCUT2D eigenvalue weighted by atomic mass is 16.5. The Morgan fingerprint density at radius 2 is 2.00 bits per heavy atom. The number of nitrogens with zero attached hydrogens (tertiary/aromatic N) is 1. The topological polar surface area (TPSA) is 136 Å². The van der Waals surface area contributed by atoms with Gasteiger partial charge in [0.1, 0.15) is 17.4 Å². The zero-order valence-corrected chi connectivity index (χ0v) is 23.7. The Morgan fingerprint density at radius 3 is 2.69 bits per heavy atom. The van der Waals surface area contributed by atoms with Crippen LogP contribution in [-0.4, -0.2) is 39.2 Å². The van der Waals surface area contributed by atoms with Gasteiger partial charge in [0.25, 0.3) is 0 Å². The number of oxazole rings is 1. The number of rotatable bonds is 5. The molecular weight excluding hydrogens is 496 g/mol. The lowest BCUT2D eigenvalue weighted by Crippen LogP contribution is -2.46. The number of aliphatic hydroxyl groups is 2. The van der Waals surface area contributed by atoms with E-state index in [1.165, 1.54) is 0 Å². The molecule has 0 spiro atoms. The van der Waals surface area contributed by atoms with E-state index in [4.69, 9.17) is 14.9 Å². The molecule has 0 unspecified atom stereocenters. The monoisotopic (exact) mass is 540 g/mol. The molecule has 5 atom stereocenters. The van der Waals surface area contributed by atoms with Crippen LogP contribution in [-0.2, 0) is 20.9 Å². The third kappa shape index (κ3) is 7.65. The van der Waals surface area contributed by atoms with Crippen LogP contribution in [0.15, 0.2) is 46.9 Å². The summed E-state index contributed by atoms with van der Waals surface area (Å²) < 4.78 is 11.5. The molecule has 0 saturated carbocycles. The van der Waals surface area contributed by atoms with Crippen LogP contribution in [0.2, 0.25) is 0 Å². The fraction of sp³-hybridized carbons (Fsp3) is 0.581. The molecule has 4 N–H and O–H groups in total. The maximum Gasteiger partial charge on any atom is 0.309 e. The molecule has 2 heterocycles. The minimum atomic E-state index is -1.28. The van der Waals surface area contributed by atoms with Crippen LogP contribution >= 0.6 is 0 Å². The van der Waals surface area contributed by atoms with E-state index < -0.39 is 35.6 Å². The molecule has 0 fully saturated rings. The molecule has 39 heavy (non-hydrogen) atoms. The highest BCUT2D eigenvalue weighted by molar-refractivity contribution is 5.88. The maximum absolute atomic E-state index is 13.7. The van der Waals surface area contributed by atoms with Crippen molar-refractivity contribution < 1.29 is 29.0 Å². The number of aromatic nitrogens is 1. The van der Waals surface area contributed by atoms with E-state index >= 15 is 0 Å².